The van der Waals surface area contributed by atoms with E-state index in [1.165, 1.54) is 0 Å². The van der Waals surface area contributed by atoms with Crippen LogP contribution in [0.1, 0.15) is 21.5 Å². The SMILES string of the molecule is COc1ncccc1N1CCN(C(=O)c2ccc(CS(=O)(=O)c3cccc4cccnc34)c(C)c2)CC1. The number of sulfone groups is 1. The molecule has 0 spiro atoms. The Labute approximate surface area is 216 Å². The van der Waals surface area contributed by atoms with Crippen molar-refractivity contribution in [1.29, 1.82) is 0 Å². The van der Waals surface area contributed by atoms with Crippen molar-refractivity contribution >= 4 is 32.3 Å². The molecule has 0 saturated carbocycles. The van der Waals surface area contributed by atoms with Crippen molar-refractivity contribution < 1.29 is 17.9 Å². The fourth-order valence-corrected chi connectivity index (χ4v) is 6.35. The van der Waals surface area contributed by atoms with Crippen molar-refractivity contribution in [3.8, 4) is 5.88 Å². The van der Waals surface area contributed by atoms with Gasteiger partial charge in [-0.3, -0.25) is 9.78 Å². The van der Waals surface area contributed by atoms with Gasteiger partial charge in [-0.05, 0) is 54.4 Å². The second-order valence-electron chi connectivity index (χ2n) is 9.04. The highest BCUT2D eigenvalue weighted by Crippen LogP contribution is 2.28. The van der Waals surface area contributed by atoms with Crippen LogP contribution in [0.4, 0.5) is 5.69 Å². The Balaban J connectivity index is 1.29. The molecule has 0 unspecified atom stereocenters. The number of benzene rings is 2. The van der Waals surface area contributed by atoms with Crippen LogP contribution < -0.4 is 9.64 Å². The smallest absolute Gasteiger partial charge is 0.253 e. The number of carbonyl (C=O) groups excluding carboxylic acids is 1. The van der Waals surface area contributed by atoms with Gasteiger partial charge in [-0.1, -0.05) is 24.3 Å². The molecule has 1 amide bonds. The predicted molar refractivity (Wildman–Crippen MR) is 143 cm³/mol. The summed E-state index contributed by atoms with van der Waals surface area (Å²) >= 11 is 0. The fraction of sp³-hybridized carbons (Fsp3) is 0.250. The number of pyridine rings is 2. The maximum absolute atomic E-state index is 13.3. The molecule has 1 saturated heterocycles. The number of amides is 1. The number of nitrogens with zero attached hydrogens (tertiary/aromatic N) is 4. The van der Waals surface area contributed by atoms with Crippen LogP contribution in [0, 0.1) is 6.92 Å². The normalized spacial score (nSPS) is 14.1. The topological polar surface area (TPSA) is 92.7 Å². The number of fused-ring (bicyclic) bond motifs is 1. The highest BCUT2D eigenvalue weighted by Gasteiger charge is 2.25. The Kier molecular flexibility index (Phi) is 6.80. The lowest BCUT2D eigenvalue weighted by atomic mass is 10.1. The standard InChI is InChI=1S/C28H28N4O4S/c1-20-18-22(28(33)32-16-14-31(15-17-32)24-8-5-13-30-27(24)36-2)10-11-23(20)19-37(34,35)25-9-3-6-21-7-4-12-29-26(21)25/h3-13,18H,14-17,19H2,1-2H3. The summed E-state index contributed by atoms with van der Waals surface area (Å²) in [4.78, 5) is 26.0. The average molecular weight is 517 g/mol. The van der Waals surface area contributed by atoms with Crippen LogP contribution in [-0.4, -0.2) is 62.5 Å². The van der Waals surface area contributed by atoms with E-state index in [4.69, 9.17) is 4.74 Å². The van der Waals surface area contributed by atoms with Gasteiger partial charge in [0.25, 0.3) is 5.91 Å². The molecule has 0 radical (unpaired) electrons. The van der Waals surface area contributed by atoms with Crippen molar-refractivity contribution in [2.75, 3.05) is 38.2 Å². The third kappa shape index (κ3) is 4.99. The monoisotopic (exact) mass is 516 g/mol. The number of anilines is 1. The number of carbonyl (C=O) groups is 1. The summed E-state index contributed by atoms with van der Waals surface area (Å²) in [6.07, 6.45) is 3.29. The molecule has 190 valence electrons. The molecule has 0 N–H and O–H groups in total. The molecular weight excluding hydrogens is 488 g/mol. The largest absolute Gasteiger partial charge is 0.480 e. The van der Waals surface area contributed by atoms with Crippen molar-refractivity contribution in [2.24, 2.45) is 0 Å². The lowest BCUT2D eigenvalue weighted by Crippen LogP contribution is -2.49. The second-order valence-corrected chi connectivity index (χ2v) is 11.0. The summed E-state index contributed by atoms with van der Waals surface area (Å²) in [7, 11) is -2.03. The molecule has 0 bridgehead atoms. The minimum absolute atomic E-state index is 0.0615. The molecule has 9 heteroatoms. The Hall–Kier alpha value is -3.98. The van der Waals surface area contributed by atoms with E-state index in [-0.39, 0.29) is 16.6 Å². The van der Waals surface area contributed by atoms with Crippen LogP contribution in [0.15, 0.2) is 78.0 Å². The molecule has 1 fully saturated rings. The molecule has 3 heterocycles. The molecule has 4 aromatic rings. The molecular formula is C28H28N4O4S. The molecule has 2 aromatic carbocycles. The second kappa shape index (κ2) is 10.2. The Morgan fingerprint density at radius 3 is 2.43 bits per heavy atom. The molecule has 37 heavy (non-hydrogen) atoms. The number of aryl methyl sites for hydroxylation is 1. The Morgan fingerprint density at radius 2 is 1.68 bits per heavy atom. The zero-order valence-corrected chi connectivity index (χ0v) is 21.6. The fourth-order valence-electron chi connectivity index (χ4n) is 4.71. The zero-order chi connectivity index (χ0) is 26.0. The third-order valence-electron chi connectivity index (χ3n) is 6.72. The summed E-state index contributed by atoms with van der Waals surface area (Å²) in [5, 5.41) is 0.781. The van der Waals surface area contributed by atoms with Gasteiger partial charge in [0.2, 0.25) is 5.88 Å². The van der Waals surface area contributed by atoms with Crippen LogP contribution >= 0.6 is 0 Å². The Bertz CT molecular complexity index is 1560. The number of methoxy groups -OCH3 is 1. The first kappa shape index (κ1) is 24.7. The minimum Gasteiger partial charge on any atom is -0.480 e. The zero-order valence-electron chi connectivity index (χ0n) is 20.8. The Morgan fingerprint density at radius 1 is 0.946 bits per heavy atom. The molecule has 0 aliphatic carbocycles. The summed E-state index contributed by atoms with van der Waals surface area (Å²) in [6.45, 7) is 4.32. The van der Waals surface area contributed by atoms with Crippen LogP contribution in [-0.2, 0) is 15.6 Å². The highest BCUT2D eigenvalue weighted by molar-refractivity contribution is 7.90. The van der Waals surface area contributed by atoms with Gasteiger partial charge < -0.3 is 14.5 Å². The summed E-state index contributed by atoms with van der Waals surface area (Å²) < 4.78 is 32.0. The lowest BCUT2D eigenvalue weighted by molar-refractivity contribution is 0.0746. The highest BCUT2D eigenvalue weighted by atomic mass is 32.2. The van der Waals surface area contributed by atoms with Crippen LogP contribution in [0.3, 0.4) is 0 Å². The van der Waals surface area contributed by atoms with Gasteiger partial charge in [0.15, 0.2) is 9.84 Å². The van der Waals surface area contributed by atoms with Gasteiger partial charge >= 0.3 is 0 Å². The van der Waals surface area contributed by atoms with E-state index in [2.05, 4.69) is 14.9 Å². The minimum atomic E-state index is -3.63. The molecule has 0 atom stereocenters. The maximum atomic E-state index is 13.3. The third-order valence-corrected chi connectivity index (χ3v) is 8.41. The predicted octanol–water partition coefficient (Wildman–Crippen LogP) is 3.88. The first-order valence-electron chi connectivity index (χ1n) is 12.1. The average Bonchev–Trinajstić information content (AvgIpc) is 2.93. The number of rotatable bonds is 6. The number of hydrogen-bond acceptors (Lipinski definition) is 7. The molecule has 8 nitrogen and oxygen atoms in total. The molecule has 1 aliphatic rings. The summed E-state index contributed by atoms with van der Waals surface area (Å²) in [6, 6.07) is 17.9. The van der Waals surface area contributed by atoms with E-state index >= 15 is 0 Å². The van der Waals surface area contributed by atoms with Gasteiger partial charge in [-0.2, -0.15) is 0 Å². The van der Waals surface area contributed by atoms with Crippen LogP contribution in [0.25, 0.3) is 10.9 Å². The van der Waals surface area contributed by atoms with E-state index in [1.54, 1.807) is 55.9 Å². The van der Waals surface area contributed by atoms with Gasteiger partial charge in [0, 0.05) is 49.5 Å². The van der Waals surface area contributed by atoms with E-state index in [0.717, 1.165) is 16.6 Å². The number of para-hydroxylation sites is 1. The van der Waals surface area contributed by atoms with Gasteiger partial charge in [-0.25, -0.2) is 13.4 Å². The first-order valence-corrected chi connectivity index (χ1v) is 13.7. The number of hydrogen-bond donors (Lipinski definition) is 0. The molecule has 5 rings (SSSR count). The summed E-state index contributed by atoms with van der Waals surface area (Å²) in [5.74, 6) is 0.352. The van der Waals surface area contributed by atoms with Crippen LogP contribution in [0.5, 0.6) is 5.88 Å². The van der Waals surface area contributed by atoms with Crippen molar-refractivity contribution in [2.45, 2.75) is 17.6 Å². The van der Waals surface area contributed by atoms with E-state index < -0.39 is 9.84 Å². The van der Waals surface area contributed by atoms with Crippen molar-refractivity contribution in [3.63, 3.8) is 0 Å². The van der Waals surface area contributed by atoms with Gasteiger partial charge in [0.1, 0.15) is 0 Å². The van der Waals surface area contributed by atoms with Crippen molar-refractivity contribution in [3.05, 3.63) is 89.7 Å². The molecule has 2 aromatic heterocycles. The number of ether oxygens (including phenoxy) is 1. The number of piperazine rings is 1. The van der Waals surface area contributed by atoms with E-state index in [9.17, 15) is 13.2 Å². The lowest BCUT2D eigenvalue weighted by Gasteiger charge is -2.36. The van der Waals surface area contributed by atoms with E-state index in [0.29, 0.717) is 48.7 Å². The molecule has 1 aliphatic heterocycles. The van der Waals surface area contributed by atoms with Gasteiger partial charge in [-0.15, -0.1) is 0 Å². The van der Waals surface area contributed by atoms with E-state index in [1.807, 2.05) is 36.1 Å². The van der Waals surface area contributed by atoms with Crippen molar-refractivity contribution in [1.82, 2.24) is 14.9 Å². The quantitative estimate of drug-likeness (QED) is 0.384. The summed E-state index contributed by atoms with van der Waals surface area (Å²) in [5.41, 5.74) is 3.37. The van der Waals surface area contributed by atoms with Gasteiger partial charge in [0.05, 0.1) is 29.0 Å². The number of aromatic nitrogens is 2. The van der Waals surface area contributed by atoms with Crippen LogP contribution in [0.2, 0.25) is 0 Å². The maximum Gasteiger partial charge on any atom is 0.253 e. The first-order chi connectivity index (χ1) is 17.9.